The number of nitrogens with one attached hydrogen (secondary N) is 1. The summed E-state index contributed by atoms with van der Waals surface area (Å²) in [4.78, 5) is 0. The fourth-order valence-corrected chi connectivity index (χ4v) is 1.69. The molecule has 0 spiro atoms. The lowest BCUT2D eigenvalue weighted by molar-refractivity contribution is 0.171. The Balaban J connectivity index is 1.91. The van der Waals surface area contributed by atoms with E-state index in [0.717, 1.165) is 24.6 Å². The standard InChI is InChI=1S/C14H19NO2/c1-11(2)5-6-15-10-12-3-4-13-14(9-12)17-8-7-16-13/h3-5,9,15H,6-8,10H2,1-2H3. The lowest BCUT2D eigenvalue weighted by Crippen LogP contribution is -2.17. The summed E-state index contributed by atoms with van der Waals surface area (Å²) >= 11 is 0. The molecular formula is C14H19NO2. The maximum absolute atomic E-state index is 5.54. The molecule has 0 amide bonds. The quantitative estimate of drug-likeness (QED) is 0.640. The molecule has 0 saturated heterocycles. The average Bonchev–Trinajstić information content (AvgIpc) is 2.34. The van der Waals surface area contributed by atoms with E-state index < -0.39 is 0 Å². The van der Waals surface area contributed by atoms with Crippen molar-refractivity contribution in [1.29, 1.82) is 0 Å². The van der Waals surface area contributed by atoms with Gasteiger partial charge in [-0.15, -0.1) is 0 Å². The molecular weight excluding hydrogens is 214 g/mol. The zero-order valence-electron chi connectivity index (χ0n) is 10.5. The van der Waals surface area contributed by atoms with Gasteiger partial charge in [-0.3, -0.25) is 0 Å². The van der Waals surface area contributed by atoms with Crippen molar-refractivity contribution in [2.24, 2.45) is 0 Å². The van der Waals surface area contributed by atoms with E-state index in [1.54, 1.807) is 0 Å². The summed E-state index contributed by atoms with van der Waals surface area (Å²) < 4.78 is 11.0. The van der Waals surface area contributed by atoms with Crippen molar-refractivity contribution in [3.63, 3.8) is 0 Å². The van der Waals surface area contributed by atoms with Gasteiger partial charge < -0.3 is 14.8 Å². The Kier molecular flexibility index (Phi) is 4.04. The van der Waals surface area contributed by atoms with Crippen molar-refractivity contribution in [1.82, 2.24) is 5.32 Å². The minimum atomic E-state index is 0.641. The molecule has 0 atom stereocenters. The normalized spacial score (nSPS) is 13.3. The average molecular weight is 233 g/mol. The predicted octanol–water partition coefficient (Wildman–Crippen LogP) is 2.51. The minimum Gasteiger partial charge on any atom is -0.486 e. The largest absolute Gasteiger partial charge is 0.486 e. The van der Waals surface area contributed by atoms with Crippen molar-refractivity contribution < 1.29 is 9.47 Å². The predicted molar refractivity (Wildman–Crippen MR) is 68.6 cm³/mol. The molecule has 0 radical (unpaired) electrons. The lowest BCUT2D eigenvalue weighted by Gasteiger charge is -2.18. The Bertz CT molecular complexity index is 409. The summed E-state index contributed by atoms with van der Waals surface area (Å²) in [6, 6.07) is 6.10. The van der Waals surface area contributed by atoms with Gasteiger partial charge in [0.1, 0.15) is 13.2 Å². The highest BCUT2D eigenvalue weighted by Crippen LogP contribution is 2.30. The van der Waals surface area contributed by atoms with E-state index in [-0.39, 0.29) is 0 Å². The molecule has 1 aromatic rings. The van der Waals surface area contributed by atoms with Gasteiger partial charge in [0.05, 0.1) is 0 Å². The van der Waals surface area contributed by atoms with Crippen LogP contribution in [0.4, 0.5) is 0 Å². The molecule has 17 heavy (non-hydrogen) atoms. The molecule has 0 unspecified atom stereocenters. The monoisotopic (exact) mass is 233 g/mol. The maximum atomic E-state index is 5.54. The molecule has 92 valence electrons. The first kappa shape index (κ1) is 12.0. The Morgan fingerprint density at radius 2 is 2.00 bits per heavy atom. The molecule has 0 fully saturated rings. The molecule has 1 N–H and O–H groups in total. The van der Waals surface area contributed by atoms with Crippen LogP contribution in [0.15, 0.2) is 29.8 Å². The zero-order chi connectivity index (χ0) is 12.1. The molecule has 0 bridgehead atoms. The summed E-state index contributed by atoms with van der Waals surface area (Å²) in [5.74, 6) is 1.71. The van der Waals surface area contributed by atoms with Crippen LogP contribution in [0.3, 0.4) is 0 Å². The SMILES string of the molecule is CC(C)=CCNCc1ccc2c(c1)OCCO2. The van der Waals surface area contributed by atoms with Crippen LogP contribution in [0.5, 0.6) is 11.5 Å². The summed E-state index contributed by atoms with van der Waals surface area (Å²) in [5.41, 5.74) is 2.55. The summed E-state index contributed by atoms with van der Waals surface area (Å²) in [6.07, 6.45) is 2.18. The van der Waals surface area contributed by atoms with Gasteiger partial charge in [0.2, 0.25) is 0 Å². The third-order valence-electron chi connectivity index (χ3n) is 2.59. The van der Waals surface area contributed by atoms with Gasteiger partial charge in [-0.1, -0.05) is 17.7 Å². The fourth-order valence-electron chi connectivity index (χ4n) is 1.69. The lowest BCUT2D eigenvalue weighted by atomic mass is 10.2. The number of allylic oxidation sites excluding steroid dienone is 1. The van der Waals surface area contributed by atoms with Gasteiger partial charge in [0, 0.05) is 13.1 Å². The second-order valence-electron chi connectivity index (χ2n) is 4.39. The van der Waals surface area contributed by atoms with E-state index >= 15 is 0 Å². The Morgan fingerprint density at radius 3 is 2.76 bits per heavy atom. The molecule has 1 aromatic carbocycles. The number of ether oxygens (including phenoxy) is 2. The second-order valence-corrected chi connectivity index (χ2v) is 4.39. The smallest absolute Gasteiger partial charge is 0.161 e. The Labute approximate surface area is 102 Å². The van der Waals surface area contributed by atoms with Crippen LogP contribution in [0.2, 0.25) is 0 Å². The fraction of sp³-hybridized carbons (Fsp3) is 0.429. The molecule has 1 aliphatic heterocycles. The third kappa shape index (κ3) is 3.49. The van der Waals surface area contributed by atoms with Crippen LogP contribution in [0, 0.1) is 0 Å². The van der Waals surface area contributed by atoms with Gasteiger partial charge in [0.25, 0.3) is 0 Å². The highest BCUT2D eigenvalue weighted by Gasteiger charge is 2.11. The van der Waals surface area contributed by atoms with Crippen molar-refractivity contribution >= 4 is 0 Å². The van der Waals surface area contributed by atoms with Crippen LogP contribution < -0.4 is 14.8 Å². The number of hydrogen-bond acceptors (Lipinski definition) is 3. The van der Waals surface area contributed by atoms with E-state index in [9.17, 15) is 0 Å². The van der Waals surface area contributed by atoms with Gasteiger partial charge >= 0.3 is 0 Å². The molecule has 0 aliphatic carbocycles. The Hall–Kier alpha value is -1.48. The third-order valence-corrected chi connectivity index (χ3v) is 2.59. The molecule has 1 aliphatic rings. The number of hydrogen-bond donors (Lipinski definition) is 1. The van der Waals surface area contributed by atoms with Crippen LogP contribution >= 0.6 is 0 Å². The molecule has 3 nitrogen and oxygen atoms in total. The molecule has 1 heterocycles. The number of benzene rings is 1. The van der Waals surface area contributed by atoms with E-state index in [0.29, 0.717) is 13.2 Å². The van der Waals surface area contributed by atoms with Crippen molar-refractivity contribution in [3.8, 4) is 11.5 Å². The van der Waals surface area contributed by atoms with Gasteiger partial charge in [-0.2, -0.15) is 0 Å². The number of rotatable bonds is 4. The van der Waals surface area contributed by atoms with Crippen LogP contribution in [0.25, 0.3) is 0 Å². The van der Waals surface area contributed by atoms with Crippen LogP contribution in [-0.2, 0) is 6.54 Å². The second kappa shape index (κ2) is 5.73. The molecule has 0 aromatic heterocycles. The Morgan fingerprint density at radius 1 is 1.24 bits per heavy atom. The van der Waals surface area contributed by atoms with Crippen LogP contribution in [0.1, 0.15) is 19.4 Å². The minimum absolute atomic E-state index is 0.641. The summed E-state index contributed by atoms with van der Waals surface area (Å²) in [7, 11) is 0. The first-order chi connectivity index (χ1) is 8.25. The van der Waals surface area contributed by atoms with Gasteiger partial charge in [0.15, 0.2) is 11.5 Å². The number of fused-ring (bicyclic) bond motifs is 1. The van der Waals surface area contributed by atoms with Crippen LogP contribution in [-0.4, -0.2) is 19.8 Å². The first-order valence-electron chi connectivity index (χ1n) is 5.98. The van der Waals surface area contributed by atoms with Gasteiger partial charge in [-0.25, -0.2) is 0 Å². The maximum Gasteiger partial charge on any atom is 0.161 e. The molecule has 3 heteroatoms. The molecule has 2 rings (SSSR count). The summed E-state index contributed by atoms with van der Waals surface area (Å²) in [6.45, 7) is 7.24. The van der Waals surface area contributed by atoms with Gasteiger partial charge in [-0.05, 0) is 31.5 Å². The van der Waals surface area contributed by atoms with E-state index in [2.05, 4.69) is 31.3 Å². The highest BCUT2D eigenvalue weighted by molar-refractivity contribution is 5.43. The van der Waals surface area contributed by atoms with E-state index in [1.807, 2.05) is 12.1 Å². The summed E-state index contributed by atoms with van der Waals surface area (Å²) in [5, 5.41) is 3.37. The van der Waals surface area contributed by atoms with Crippen molar-refractivity contribution in [3.05, 3.63) is 35.4 Å². The highest BCUT2D eigenvalue weighted by atomic mass is 16.6. The molecule has 0 saturated carbocycles. The first-order valence-corrected chi connectivity index (χ1v) is 5.98. The zero-order valence-corrected chi connectivity index (χ0v) is 10.5. The van der Waals surface area contributed by atoms with Crippen molar-refractivity contribution in [2.45, 2.75) is 20.4 Å². The van der Waals surface area contributed by atoms with Crippen molar-refractivity contribution in [2.75, 3.05) is 19.8 Å². The van der Waals surface area contributed by atoms with E-state index in [1.165, 1.54) is 11.1 Å². The topological polar surface area (TPSA) is 30.5 Å². The van der Waals surface area contributed by atoms with E-state index in [4.69, 9.17) is 9.47 Å².